The maximum absolute atomic E-state index is 13.0. The Kier molecular flexibility index (Phi) is 4.44. The lowest BCUT2D eigenvalue weighted by atomic mass is 9.73. The first-order valence-electron chi connectivity index (χ1n) is 8.97. The molecule has 25 heavy (non-hydrogen) atoms. The molecule has 2 saturated heterocycles. The van der Waals surface area contributed by atoms with Gasteiger partial charge in [-0.05, 0) is 31.4 Å². The zero-order valence-electron chi connectivity index (χ0n) is 14.6. The second-order valence-electron chi connectivity index (χ2n) is 7.16. The van der Waals surface area contributed by atoms with Gasteiger partial charge >= 0.3 is 0 Å². The van der Waals surface area contributed by atoms with Gasteiger partial charge in [0, 0.05) is 37.6 Å². The van der Waals surface area contributed by atoms with Gasteiger partial charge in [0.15, 0.2) is 0 Å². The quantitative estimate of drug-likeness (QED) is 0.862. The van der Waals surface area contributed by atoms with Crippen LogP contribution in [-0.4, -0.2) is 55.3 Å². The molecule has 2 fully saturated rings. The van der Waals surface area contributed by atoms with E-state index in [0.717, 1.165) is 36.8 Å². The second kappa shape index (κ2) is 6.73. The fourth-order valence-corrected chi connectivity index (χ4v) is 4.31. The first-order valence-corrected chi connectivity index (χ1v) is 8.97. The van der Waals surface area contributed by atoms with Crippen LogP contribution in [-0.2, 0) is 9.47 Å². The number of aromatic nitrogens is 1. The van der Waals surface area contributed by atoms with E-state index in [4.69, 9.17) is 9.47 Å². The van der Waals surface area contributed by atoms with Gasteiger partial charge in [0.25, 0.3) is 5.91 Å². The Morgan fingerprint density at radius 1 is 1.36 bits per heavy atom. The molecule has 132 valence electrons. The molecule has 5 heteroatoms. The van der Waals surface area contributed by atoms with E-state index in [2.05, 4.69) is 4.98 Å². The monoisotopic (exact) mass is 340 g/mol. The van der Waals surface area contributed by atoms with Crippen molar-refractivity contribution in [1.82, 2.24) is 9.88 Å². The highest BCUT2D eigenvalue weighted by Gasteiger charge is 2.47. The average molecular weight is 340 g/mol. The third kappa shape index (κ3) is 3.02. The van der Waals surface area contributed by atoms with Crippen molar-refractivity contribution in [2.24, 2.45) is 5.41 Å². The Morgan fingerprint density at radius 2 is 2.24 bits per heavy atom. The van der Waals surface area contributed by atoms with Crippen molar-refractivity contribution in [3.63, 3.8) is 0 Å². The number of ether oxygens (including phenoxy) is 2. The molecular formula is C20H24N2O3. The number of amides is 1. The predicted molar refractivity (Wildman–Crippen MR) is 95.5 cm³/mol. The molecule has 2 atom stereocenters. The van der Waals surface area contributed by atoms with Gasteiger partial charge in [0.1, 0.15) is 5.69 Å². The molecule has 0 N–H and O–H groups in total. The summed E-state index contributed by atoms with van der Waals surface area (Å²) in [5.41, 5.74) is 1.29. The molecule has 0 saturated carbocycles. The Balaban J connectivity index is 1.58. The largest absolute Gasteiger partial charge is 0.384 e. The average Bonchev–Trinajstić information content (AvgIpc) is 2.66. The van der Waals surface area contributed by atoms with E-state index < -0.39 is 0 Å². The maximum atomic E-state index is 13.0. The standard InChI is InChI=1S/C20H24N2O3/c1-24-14-20-10-4-12-25-18(20)9-11-22(13-20)19(23)17-8-7-15-5-2-3-6-16(15)21-17/h2-3,5-8,18H,4,9-14H2,1H3/t18-,20-/m0/s1. The lowest BCUT2D eigenvalue weighted by Gasteiger charge is -2.50. The summed E-state index contributed by atoms with van der Waals surface area (Å²) < 4.78 is 11.5. The van der Waals surface area contributed by atoms with Gasteiger partial charge in [0.05, 0.1) is 18.2 Å². The minimum atomic E-state index is -0.0856. The zero-order chi connectivity index (χ0) is 17.3. The van der Waals surface area contributed by atoms with Crippen LogP contribution in [0.3, 0.4) is 0 Å². The fraction of sp³-hybridized carbons (Fsp3) is 0.500. The highest BCUT2D eigenvalue weighted by atomic mass is 16.5. The van der Waals surface area contributed by atoms with E-state index in [1.54, 1.807) is 7.11 Å². The first-order chi connectivity index (χ1) is 12.2. The number of piperidine rings is 1. The molecule has 2 aliphatic heterocycles. The summed E-state index contributed by atoms with van der Waals surface area (Å²) in [5, 5.41) is 1.05. The van der Waals surface area contributed by atoms with E-state index in [1.807, 2.05) is 41.3 Å². The molecule has 1 aromatic carbocycles. The number of likely N-dealkylation sites (tertiary alicyclic amines) is 1. The molecule has 0 bridgehead atoms. The van der Waals surface area contributed by atoms with Crippen molar-refractivity contribution >= 4 is 16.8 Å². The SMILES string of the molecule is COC[C@@]12CCCO[C@H]1CCN(C(=O)c1ccc3ccccc3n1)C2. The Morgan fingerprint density at radius 3 is 3.12 bits per heavy atom. The number of hydrogen-bond donors (Lipinski definition) is 0. The van der Waals surface area contributed by atoms with Crippen LogP contribution >= 0.6 is 0 Å². The Bertz CT molecular complexity index is 774. The van der Waals surface area contributed by atoms with Gasteiger partial charge in [0.2, 0.25) is 0 Å². The summed E-state index contributed by atoms with van der Waals surface area (Å²) in [4.78, 5) is 19.5. The fourth-order valence-electron chi connectivity index (χ4n) is 4.31. The van der Waals surface area contributed by atoms with Crippen LogP contribution in [0.5, 0.6) is 0 Å². The minimum absolute atomic E-state index is 0.00487. The van der Waals surface area contributed by atoms with Crippen LogP contribution in [0.25, 0.3) is 10.9 Å². The molecule has 0 aliphatic carbocycles. The Hall–Kier alpha value is -1.98. The van der Waals surface area contributed by atoms with Crippen molar-refractivity contribution in [3.05, 3.63) is 42.1 Å². The minimum Gasteiger partial charge on any atom is -0.384 e. The first kappa shape index (κ1) is 16.5. The number of benzene rings is 1. The smallest absolute Gasteiger partial charge is 0.272 e. The number of nitrogens with zero attached hydrogens (tertiary/aromatic N) is 2. The lowest BCUT2D eigenvalue weighted by molar-refractivity contribution is -0.142. The van der Waals surface area contributed by atoms with Crippen LogP contribution in [0, 0.1) is 5.41 Å². The molecule has 1 amide bonds. The van der Waals surface area contributed by atoms with E-state index >= 15 is 0 Å². The second-order valence-corrected chi connectivity index (χ2v) is 7.16. The molecule has 0 radical (unpaired) electrons. The normalized spacial score (nSPS) is 26.4. The van der Waals surface area contributed by atoms with Crippen LogP contribution in [0.4, 0.5) is 0 Å². The molecule has 2 aromatic rings. The van der Waals surface area contributed by atoms with Gasteiger partial charge in [-0.2, -0.15) is 0 Å². The maximum Gasteiger partial charge on any atom is 0.272 e. The molecule has 0 unspecified atom stereocenters. The van der Waals surface area contributed by atoms with Crippen molar-refractivity contribution in [2.75, 3.05) is 33.4 Å². The van der Waals surface area contributed by atoms with Gasteiger partial charge in [-0.3, -0.25) is 4.79 Å². The number of carbonyl (C=O) groups is 1. The number of pyridine rings is 1. The van der Waals surface area contributed by atoms with Gasteiger partial charge in [-0.1, -0.05) is 24.3 Å². The highest BCUT2D eigenvalue weighted by molar-refractivity contribution is 5.95. The highest BCUT2D eigenvalue weighted by Crippen LogP contribution is 2.40. The molecule has 0 spiro atoms. The Labute approximate surface area is 147 Å². The molecule has 1 aromatic heterocycles. The van der Waals surface area contributed by atoms with E-state index in [1.165, 1.54) is 0 Å². The third-order valence-corrected chi connectivity index (χ3v) is 5.52. The van der Waals surface area contributed by atoms with Gasteiger partial charge < -0.3 is 14.4 Å². The third-order valence-electron chi connectivity index (χ3n) is 5.52. The van der Waals surface area contributed by atoms with Crippen molar-refractivity contribution in [3.8, 4) is 0 Å². The number of para-hydroxylation sites is 1. The summed E-state index contributed by atoms with van der Waals surface area (Å²) in [6.07, 6.45) is 3.12. The summed E-state index contributed by atoms with van der Waals surface area (Å²) in [6.45, 7) is 2.84. The molecule has 4 rings (SSSR count). The van der Waals surface area contributed by atoms with Crippen LogP contribution < -0.4 is 0 Å². The van der Waals surface area contributed by atoms with Crippen LogP contribution in [0.15, 0.2) is 36.4 Å². The van der Waals surface area contributed by atoms with Gasteiger partial charge in [-0.25, -0.2) is 4.98 Å². The van der Waals surface area contributed by atoms with Crippen LogP contribution in [0.1, 0.15) is 29.8 Å². The van der Waals surface area contributed by atoms with E-state index in [-0.39, 0.29) is 17.4 Å². The number of fused-ring (bicyclic) bond motifs is 2. The molecule has 2 aliphatic rings. The zero-order valence-corrected chi connectivity index (χ0v) is 14.6. The van der Waals surface area contributed by atoms with E-state index in [0.29, 0.717) is 25.4 Å². The lowest BCUT2D eigenvalue weighted by Crippen LogP contribution is -2.58. The molecule has 5 nitrogen and oxygen atoms in total. The predicted octanol–water partition coefficient (Wildman–Crippen LogP) is 2.89. The summed E-state index contributed by atoms with van der Waals surface area (Å²) in [5.74, 6) is 0.00487. The summed E-state index contributed by atoms with van der Waals surface area (Å²) >= 11 is 0. The van der Waals surface area contributed by atoms with Crippen molar-refractivity contribution in [1.29, 1.82) is 0 Å². The summed E-state index contributed by atoms with van der Waals surface area (Å²) in [7, 11) is 1.73. The van der Waals surface area contributed by atoms with Gasteiger partial charge in [-0.15, -0.1) is 0 Å². The van der Waals surface area contributed by atoms with Crippen LogP contribution in [0.2, 0.25) is 0 Å². The van der Waals surface area contributed by atoms with E-state index in [9.17, 15) is 4.79 Å². The number of hydrogen-bond acceptors (Lipinski definition) is 4. The number of rotatable bonds is 3. The summed E-state index contributed by atoms with van der Waals surface area (Å²) in [6, 6.07) is 11.7. The number of methoxy groups -OCH3 is 1. The molecular weight excluding hydrogens is 316 g/mol. The number of carbonyl (C=O) groups excluding carboxylic acids is 1. The molecule has 3 heterocycles. The topological polar surface area (TPSA) is 51.7 Å². The van der Waals surface area contributed by atoms with Crippen molar-refractivity contribution in [2.45, 2.75) is 25.4 Å². The van der Waals surface area contributed by atoms with Crippen molar-refractivity contribution < 1.29 is 14.3 Å².